The van der Waals surface area contributed by atoms with Crippen LogP contribution in [0.4, 0.5) is 5.95 Å². The maximum Gasteiger partial charge on any atom is 0.270 e. The van der Waals surface area contributed by atoms with Crippen LogP contribution in [0.3, 0.4) is 0 Å². The number of rotatable bonds is 4. The van der Waals surface area contributed by atoms with Crippen LogP contribution < -0.4 is 10.2 Å². The van der Waals surface area contributed by atoms with Gasteiger partial charge in [0.2, 0.25) is 5.95 Å². The molecule has 3 heterocycles. The van der Waals surface area contributed by atoms with Gasteiger partial charge in [-0.25, -0.2) is 9.97 Å². The predicted octanol–water partition coefficient (Wildman–Crippen LogP) is 0.553. The van der Waals surface area contributed by atoms with Crippen LogP contribution in [0.15, 0.2) is 36.8 Å². The highest BCUT2D eigenvalue weighted by atomic mass is 16.1. The van der Waals surface area contributed by atoms with Crippen molar-refractivity contribution in [1.82, 2.24) is 25.2 Å². The normalized spacial score (nSPS) is 15.4. The minimum absolute atomic E-state index is 0.202. The molecule has 3 rings (SSSR count). The predicted molar refractivity (Wildman–Crippen MR) is 87.1 cm³/mol. The molecule has 7 nitrogen and oxygen atoms in total. The number of carbonyl (C=O) groups excluding carboxylic acids is 1. The number of anilines is 1. The fourth-order valence-corrected chi connectivity index (χ4v) is 2.41. The van der Waals surface area contributed by atoms with E-state index in [1.54, 1.807) is 24.7 Å². The van der Waals surface area contributed by atoms with E-state index in [0.717, 1.165) is 31.7 Å². The van der Waals surface area contributed by atoms with Crippen molar-refractivity contribution in [3.05, 3.63) is 48.0 Å². The zero-order valence-corrected chi connectivity index (χ0v) is 13.1. The number of nitrogens with one attached hydrogen (secondary N) is 1. The number of carbonyl (C=O) groups is 1. The molecule has 0 atom stereocenters. The quantitative estimate of drug-likeness (QED) is 0.889. The Morgan fingerprint density at radius 1 is 1.22 bits per heavy atom. The lowest BCUT2D eigenvalue weighted by Gasteiger charge is -2.32. The number of aromatic nitrogens is 3. The number of pyridine rings is 1. The first-order chi connectivity index (χ1) is 11.2. The van der Waals surface area contributed by atoms with Gasteiger partial charge >= 0.3 is 0 Å². The third kappa shape index (κ3) is 4.01. The van der Waals surface area contributed by atoms with Crippen molar-refractivity contribution in [2.24, 2.45) is 0 Å². The Hall–Kier alpha value is -2.54. The average molecular weight is 312 g/mol. The van der Waals surface area contributed by atoms with Crippen molar-refractivity contribution in [2.75, 3.05) is 38.1 Å². The van der Waals surface area contributed by atoms with Crippen LogP contribution in [0, 0.1) is 0 Å². The van der Waals surface area contributed by atoms with Crippen LogP contribution in [0.25, 0.3) is 0 Å². The highest BCUT2D eigenvalue weighted by molar-refractivity contribution is 5.92. The van der Waals surface area contributed by atoms with E-state index in [4.69, 9.17) is 0 Å². The zero-order valence-electron chi connectivity index (χ0n) is 13.1. The Balaban J connectivity index is 1.63. The maximum atomic E-state index is 12.3. The van der Waals surface area contributed by atoms with Gasteiger partial charge in [-0.3, -0.25) is 9.78 Å². The second-order valence-corrected chi connectivity index (χ2v) is 5.58. The van der Waals surface area contributed by atoms with E-state index in [2.05, 4.69) is 37.1 Å². The van der Waals surface area contributed by atoms with Crippen molar-refractivity contribution in [3.63, 3.8) is 0 Å². The Kier molecular flexibility index (Phi) is 4.77. The van der Waals surface area contributed by atoms with Gasteiger partial charge in [0.1, 0.15) is 5.69 Å². The Morgan fingerprint density at radius 3 is 2.78 bits per heavy atom. The SMILES string of the molecule is CN1CCN(c2nccc(C(=O)NCc3cccnc3)n2)CC1. The smallest absolute Gasteiger partial charge is 0.270 e. The second-order valence-electron chi connectivity index (χ2n) is 5.58. The van der Waals surface area contributed by atoms with Crippen molar-refractivity contribution >= 4 is 11.9 Å². The summed E-state index contributed by atoms with van der Waals surface area (Å²) in [4.78, 5) is 29.4. The Labute approximate surface area is 135 Å². The molecule has 0 aliphatic carbocycles. The maximum absolute atomic E-state index is 12.3. The van der Waals surface area contributed by atoms with Gasteiger partial charge in [0.05, 0.1) is 0 Å². The molecule has 0 radical (unpaired) electrons. The minimum atomic E-state index is -0.202. The van der Waals surface area contributed by atoms with Gasteiger partial charge in [-0.15, -0.1) is 0 Å². The summed E-state index contributed by atoms with van der Waals surface area (Å²) in [6.07, 6.45) is 5.08. The molecule has 1 fully saturated rings. The number of amides is 1. The van der Waals surface area contributed by atoms with E-state index in [9.17, 15) is 4.79 Å². The third-order valence-electron chi connectivity index (χ3n) is 3.84. The van der Waals surface area contributed by atoms with Crippen molar-refractivity contribution in [2.45, 2.75) is 6.54 Å². The van der Waals surface area contributed by atoms with Crippen LogP contribution in [-0.2, 0) is 6.54 Å². The molecular formula is C16H20N6O. The first kappa shape index (κ1) is 15.4. The van der Waals surface area contributed by atoms with E-state index in [1.165, 1.54) is 0 Å². The van der Waals surface area contributed by atoms with Gasteiger partial charge in [-0.1, -0.05) is 6.07 Å². The van der Waals surface area contributed by atoms with E-state index in [-0.39, 0.29) is 5.91 Å². The van der Waals surface area contributed by atoms with Crippen molar-refractivity contribution in [1.29, 1.82) is 0 Å². The molecule has 23 heavy (non-hydrogen) atoms. The standard InChI is InChI=1S/C16H20N6O/c1-21-7-9-22(10-8-21)16-18-6-4-14(20-16)15(23)19-12-13-3-2-5-17-11-13/h2-6,11H,7-10,12H2,1H3,(H,19,23). The zero-order chi connectivity index (χ0) is 16.1. The van der Waals surface area contributed by atoms with Gasteiger partial charge in [-0.05, 0) is 24.7 Å². The van der Waals surface area contributed by atoms with Gasteiger partial charge in [0.15, 0.2) is 0 Å². The van der Waals surface area contributed by atoms with Crippen LogP contribution in [0.1, 0.15) is 16.1 Å². The minimum Gasteiger partial charge on any atom is -0.347 e. The Morgan fingerprint density at radius 2 is 2.04 bits per heavy atom. The number of hydrogen-bond acceptors (Lipinski definition) is 6. The molecule has 1 N–H and O–H groups in total. The highest BCUT2D eigenvalue weighted by Crippen LogP contribution is 2.10. The number of likely N-dealkylation sites (N-methyl/N-ethyl adjacent to an activating group) is 1. The fraction of sp³-hybridized carbons (Fsp3) is 0.375. The highest BCUT2D eigenvalue weighted by Gasteiger charge is 2.17. The summed E-state index contributed by atoms with van der Waals surface area (Å²) < 4.78 is 0. The monoisotopic (exact) mass is 312 g/mol. The topological polar surface area (TPSA) is 74.2 Å². The summed E-state index contributed by atoms with van der Waals surface area (Å²) in [5, 5.41) is 2.86. The molecule has 2 aromatic rings. The number of hydrogen-bond donors (Lipinski definition) is 1. The van der Waals surface area contributed by atoms with Gasteiger partial charge in [-0.2, -0.15) is 0 Å². The lowest BCUT2D eigenvalue weighted by atomic mass is 10.3. The second kappa shape index (κ2) is 7.15. The molecule has 0 saturated carbocycles. The van der Waals surface area contributed by atoms with Crippen LogP contribution in [-0.4, -0.2) is 59.0 Å². The largest absolute Gasteiger partial charge is 0.347 e. The van der Waals surface area contributed by atoms with Crippen molar-refractivity contribution in [3.8, 4) is 0 Å². The van der Waals surface area contributed by atoms with Gasteiger partial charge in [0, 0.05) is 51.3 Å². The first-order valence-corrected chi connectivity index (χ1v) is 7.66. The van der Waals surface area contributed by atoms with E-state index in [1.807, 2.05) is 12.1 Å². The van der Waals surface area contributed by atoms with E-state index >= 15 is 0 Å². The van der Waals surface area contributed by atoms with Gasteiger partial charge < -0.3 is 15.1 Å². The van der Waals surface area contributed by atoms with Crippen LogP contribution in [0.2, 0.25) is 0 Å². The molecule has 2 aromatic heterocycles. The molecule has 1 amide bonds. The molecule has 1 aliphatic heterocycles. The molecule has 1 saturated heterocycles. The van der Waals surface area contributed by atoms with Crippen LogP contribution >= 0.6 is 0 Å². The molecule has 0 spiro atoms. The van der Waals surface area contributed by atoms with Gasteiger partial charge in [0.25, 0.3) is 5.91 Å². The van der Waals surface area contributed by atoms with Crippen molar-refractivity contribution < 1.29 is 4.79 Å². The Bertz CT molecular complexity index is 655. The first-order valence-electron chi connectivity index (χ1n) is 7.66. The molecule has 0 unspecified atom stereocenters. The summed E-state index contributed by atoms with van der Waals surface area (Å²) in [6, 6.07) is 5.40. The molecular weight excluding hydrogens is 292 g/mol. The number of nitrogens with zero attached hydrogens (tertiary/aromatic N) is 5. The lowest BCUT2D eigenvalue weighted by molar-refractivity contribution is 0.0945. The lowest BCUT2D eigenvalue weighted by Crippen LogP contribution is -2.45. The van der Waals surface area contributed by atoms with E-state index < -0.39 is 0 Å². The summed E-state index contributed by atoms with van der Waals surface area (Å²) >= 11 is 0. The van der Waals surface area contributed by atoms with E-state index in [0.29, 0.717) is 18.2 Å². The summed E-state index contributed by atoms with van der Waals surface area (Å²) in [5.41, 5.74) is 1.34. The third-order valence-corrected chi connectivity index (χ3v) is 3.84. The summed E-state index contributed by atoms with van der Waals surface area (Å²) in [7, 11) is 2.10. The fourth-order valence-electron chi connectivity index (χ4n) is 2.41. The molecule has 7 heteroatoms. The average Bonchev–Trinajstić information content (AvgIpc) is 2.61. The molecule has 0 aromatic carbocycles. The molecule has 1 aliphatic rings. The molecule has 120 valence electrons. The molecule has 0 bridgehead atoms. The summed E-state index contributed by atoms with van der Waals surface area (Å²) in [5.74, 6) is 0.416. The number of piperazine rings is 1. The van der Waals surface area contributed by atoms with Crippen LogP contribution in [0.5, 0.6) is 0 Å². The summed E-state index contributed by atoms with van der Waals surface area (Å²) in [6.45, 7) is 4.12.